The number of anilines is 3. The third-order valence-electron chi connectivity index (χ3n) is 4.22. The van der Waals surface area contributed by atoms with Gasteiger partial charge >= 0.3 is 5.97 Å². The van der Waals surface area contributed by atoms with E-state index in [4.69, 9.17) is 9.47 Å². The van der Waals surface area contributed by atoms with Crippen molar-refractivity contribution < 1.29 is 19.1 Å². The summed E-state index contributed by atoms with van der Waals surface area (Å²) in [5, 5.41) is 5.91. The summed E-state index contributed by atoms with van der Waals surface area (Å²) < 4.78 is 10.6. The molecule has 0 unspecified atom stereocenters. The number of amides is 1. The van der Waals surface area contributed by atoms with E-state index in [1.54, 1.807) is 42.5 Å². The van der Waals surface area contributed by atoms with Crippen molar-refractivity contribution in [2.24, 2.45) is 0 Å². The van der Waals surface area contributed by atoms with Crippen LogP contribution < -0.4 is 15.4 Å². The van der Waals surface area contributed by atoms with Gasteiger partial charge in [-0.25, -0.2) is 4.79 Å². The number of para-hydroxylation sites is 4. The van der Waals surface area contributed by atoms with Crippen molar-refractivity contribution in [3.63, 3.8) is 0 Å². The molecule has 0 aliphatic carbocycles. The highest BCUT2D eigenvalue weighted by Gasteiger charge is 2.21. The van der Waals surface area contributed by atoms with Gasteiger partial charge in [0, 0.05) is 5.69 Å². The molecule has 1 amide bonds. The van der Waals surface area contributed by atoms with E-state index in [0.717, 1.165) is 5.69 Å². The molecule has 0 saturated heterocycles. The number of nitrogens with one attached hydrogen (secondary N) is 2. The number of esters is 1. The van der Waals surface area contributed by atoms with E-state index in [0.29, 0.717) is 22.7 Å². The Labute approximate surface area is 169 Å². The van der Waals surface area contributed by atoms with Gasteiger partial charge in [0.2, 0.25) is 0 Å². The van der Waals surface area contributed by atoms with Crippen LogP contribution in [-0.2, 0) is 9.53 Å². The van der Waals surface area contributed by atoms with Crippen LogP contribution in [0.1, 0.15) is 17.3 Å². The van der Waals surface area contributed by atoms with Crippen LogP contribution in [-0.4, -0.2) is 25.1 Å². The van der Waals surface area contributed by atoms with Gasteiger partial charge in [0.25, 0.3) is 5.91 Å². The van der Waals surface area contributed by atoms with Gasteiger partial charge in [-0.1, -0.05) is 42.5 Å². The standard InChI is InChI=1S/C23H22N2O4/c1-16(22(26)25-20-14-8-9-15-21(20)28-2)29-23(27)18-12-6-7-13-19(18)24-17-10-4-3-5-11-17/h3-16,24H,1-2H3,(H,25,26)/t16-/m1/s1. The number of hydrogen-bond acceptors (Lipinski definition) is 5. The summed E-state index contributed by atoms with van der Waals surface area (Å²) in [6.45, 7) is 1.52. The van der Waals surface area contributed by atoms with Crippen LogP contribution in [0.15, 0.2) is 78.9 Å². The molecule has 0 bridgehead atoms. The van der Waals surface area contributed by atoms with Crippen molar-refractivity contribution in [3.8, 4) is 5.75 Å². The predicted molar refractivity (Wildman–Crippen MR) is 113 cm³/mol. The van der Waals surface area contributed by atoms with Gasteiger partial charge in [0.05, 0.1) is 24.0 Å². The highest BCUT2D eigenvalue weighted by Crippen LogP contribution is 2.24. The second-order valence-electron chi connectivity index (χ2n) is 6.27. The largest absolute Gasteiger partial charge is 0.495 e. The Bertz CT molecular complexity index is 989. The zero-order valence-electron chi connectivity index (χ0n) is 16.2. The maximum absolute atomic E-state index is 12.7. The SMILES string of the molecule is COc1ccccc1NC(=O)[C@@H](C)OC(=O)c1ccccc1Nc1ccccc1. The minimum atomic E-state index is -0.989. The van der Waals surface area contributed by atoms with Crippen LogP contribution in [0, 0.1) is 0 Å². The van der Waals surface area contributed by atoms with Crippen molar-refractivity contribution in [2.45, 2.75) is 13.0 Å². The molecule has 6 nitrogen and oxygen atoms in total. The van der Waals surface area contributed by atoms with Crippen molar-refractivity contribution in [1.29, 1.82) is 0 Å². The monoisotopic (exact) mass is 390 g/mol. The van der Waals surface area contributed by atoms with Crippen LogP contribution in [0.25, 0.3) is 0 Å². The lowest BCUT2D eigenvalue weighted by atomic mass is 10.1. The normalized spacial score (nSPS) is 11.2. The molecule has 6 heteroatoms. The molecule has 0 aliphatic rings. The molecule has 0 spiro atoms. The zero-order valence-corrected chi connectivity index (χ0v) is 16.2. The highest BCUT2D eigenvalue weighted by molar-refractivity contribution is 6.00. The second-order valence-corrected chi connectivity index (χ2v) is 6.27. The molecule has 148 valence electrons. The van der Waals surface area contributed by atoms with E-state index in [1.807, 2.05) is 36.4 Å². The lowest BCUT2D eigenvalue weighted by molar-refractivity contribution is -0.123. The fourth-order valence-corrected chi connectivity index (χ4v) is 2.71. The maximum atomic E-state index is 12.7. The molecule has 29 heavy (non-hydrogen) atoms. The van der Waals surface area contributed by atoms with Gasteiger partial charge in [0.1, 0.15) is 5.75 Å². The fourth-order valence-electron chi connectivity index (χ4n) is 2.71. The van der Waals surface area contributed by atoms with Crippen molar-refractivity contribution in [3.05, 3.63) is 84.4 Å². The van der Waals surface area contributed by atoms with Crippen LogP contribution in [0.5, 0.6) is 5.75 Å². The minimum Gasteiger partial charge on any atom is -0.495 e. The molecule has 0 aromatic heterocycles. The number of benzene rings is 3. The van der Waals surface area contributed by atoms with Crippen molar-refractivity contribution in [2.75, 3.05) is 17.7 Å². The fraction of sp³-hybridized carbons (Fsp3) is 0.130. The molecular formula is C23H22N2O4. The average Bonchev–Trinajstić information content (AvgIpc) is 2.75. The molecule has 3 aromatic carbocycles. The smallest absolute Gasteiger partial charge is 0.341 e. The lowest BCUT2D eigenvalue weighted by Crippen LogP contribution is -2.30. The number of carbonyl (C=O) groups excluding carboxylic acids is 2. The van der Waals surface area contributed by atoms with E-state index < -0.39 is 18.0 Å². The lowest BCUT2D eigenvalue weighted by Gasteiger charge is -2.16. The van der Waals surface area contributed by atoms with Crippen molar-refractivity contribution >= 4 is 28.9 Å². The van der Waals surface area contributed by atoms with E-state index in [9.17, 15) is 9.59 Å². The topological polar surface area (TPSA) is 76.7 Å². The Kier molecular flexibility index (Phi) is 6.47. The number of hydrogen-bond donors (Lipinski definition) is 2. The Morgan fingerprint density at radius 3 is 2.17 bits per heavy atom. The molecule has 0 radical (unpaired) electrons. The molecule has 0 heterocycles. The molecular weight excluding hydrogens is 368 g/mol. The Balaban J connectivity index is 1.69. The number of methoxy groups -OCH3 is 1. The molecule has 0 aliphatic heterocycles. The van der Waals surface area contributed by atoms with E-state index in [2.05, 4.69) is 10.6 Å². The first-order chi connectivity index (χ1) is 14.1. The Hall–Kier alpha value is -3.80. The second kappa shape index (κ2) is 9.41. The van der Waals surface area contributed by atoms with Crippen LogP contribution in [0.4, 0.5) is 17.1 Å². The van der Waals surface area contributed by atoms with E-state index in [-0.39, 0.29) is 0 Å². The summed E-state index contributed by atoms with van der Waals surface area (Å²) >= 11 is 0. The minimum absolute atomic E-state index is 0.341. The maximum Gasteiger partial charge on any atom is 0.341 e. The van der Waals surface area contributed by atoms with Crippen molar-refractivity contribution in [1.82, 2.24) is 0 Å². The summed E-state index contributed by atoms with van der Waals surface area (Å²) in [5.41, 5.74) is 2.29. The summed E-state index contributed by atoms with van der Waals surface area (Å²) in [7, 11) is 1.52. The summed E-state index contributed by atoms with van der Waals surface area (Å²) in [5.74, 6) is -0.514. The van der Waals surface area contributed by atoms with Crippen LogP contribution in [0.2, 0.25) is 0 Å². The molecule has 0 saturated carbocycles. The van der Waals surface area contributed by atoms with E-state index in [1.165, 1.54) is 14.0 Å². The van der Waals surface area contributed by atoms with Crippen LogP contribution >= 0.6 is 0 Å². The molecule has 2 N–H and O–H groups in total. The quantitative estimate of drug-likeness (QED) is 0.576. The number of carbonyl (C=O) groups is 2. The molecule has 3 rings (SSSR count). The first-order valence-corrected chi connectivity index (χ1v) is 9.14. The summed E-state index contributed by atoms with van der Waals surface area (Å²) in [6.07, 6.45) is -0.989. The summed E-state index contributed by atoms with van der Waals surface area (Å²) in [6, 6.07) is 23.5. The summed E-state index contributed by atoms with van der Waals surface area (Å²) in [4.78, 5) is 25.1. The first kappa shape index (κ1) is 19.9. The van der Waals surface area contributed by atoms with Crippen LogP contribution in [0.3, 0.4) is 0 Å². The molecule has 3 aromatic rings. The third-order valence-corrected chi connectivity index (χ3v) is 4.22. The Morgan fingerprint density at radius 1 is 0.828 bits per heavy atom. The highest BCUT2D eigenvalue weighted by atomic mass is 16.5. The van der Waals surface area contributed by atoms with Gasteiger partial charge in [-0.2, -0.15) is 0 Å². The molecule has 0 fully saturated rings. The predicted octanol–water partition coefficient (Wildman–Crippen LogP) is 4.62. The zero-order chi connectivity index (χ0) is 20.6. The van der Waals surface area contributed by atoms with Gasteiger partial charge in [0.15, 0.2) is 6.10 Å². The third kappa shape index (κ3) is 5.13. The average molecular weight is 390 g/mol. The number of rotatable bonds is 7. The van der Waals surface area contributed by atoms with Gasteiger partial charge < -0.3 is 20.1 Å². The number of ether oxygens (including phenoxy) is 2. The molecule has 1 atom stereocenters. The van der Waals surface area contributed by atoms with Gasteiger partial charge in [-0.05, 0) is 43.3 Å². The Morgan fingerprint density at radius 2 is 1.45 bits per heavy atom. The first-order valence-electron chi connectivity index (χ1n) is 9.14. The van der Waals surface area contributed by atoms with Gasteiger partial charge in [-0.3, -0.25) is 4.79 Å². The van der Waals surface area contributed by atoms with Gasteiger partial charge in [-0.15, -0.1) is 0 Å². The van der Waals surface area contributed by atoms with E-state index >= 15 is 0 Å².